The lowest BCUT2D eigenvalue weighted by molar-refractivity contribution is 0.415. The largest absolute Gasteiger partial charge is 0.497 e. The van der Waals surface area contributed by atoms with Crippen LogP contribution in [0.2, 0.25) is 0 Å². The van der Waals surface area contributed by atoms with E-state index in [0.29, 0.717) is 5.71 Å². The molecule has 0 amide bonds. The van der Waals surface area contributed by atoms with Gasteiger partial charge in [-0.1, -0.05) is 24.3 Å². The van der Waals surface area contributed by atoms with Crippen LogP contribution in [0.15, 0.2) is 65.9 Å². The van der Waals surface area contributed by atoms with Crippen LogP contribution >= 0.6 is 0 Å². The van der Waals surface area contributed by atoms with Crippen molar-refractivity contribution in [3.05, 3.63) is 72.1 Å². The fourth-order valence-electron chi connectivity index (χ4n) is 2.33. The molecule has 0 spiro atoms. The van der Waals surface area contributed by atoms with Crippen LogP contribution in [0.1, 0.15) is 11.3 Å². The number of hydrazone groups is 1. The van der Waals surface area contributed by atoms with Gasteiger partial charge in [-0.05, 0) is 35.7 Å². The number of aromatic nitrogens is 1. The summed E-state index contributed by atoms with van der Waals surface area (Å²) in [4.78, 5) is 4.45. The summed E-state index contributed by atoms with van der Waals surface area (Å²) in [6.45, 7) is 0. The highest BCUT2D eigenvalue weighted by Gasteiger charge is 2.12. The monoisotopic (exact) mass is 277 g/mol. The molecule has 0 radical (unpaired) electrons. The van der Waals surface area contributed by atoms with Gasteiger partial charge in [0.15, 0.2) is 0 Å². The number of benzene rings is 2. The van der Waals surface area contributed by atoms with Crippen LogP contribution in [0.3, 0.4) is 0 Å². The van der Waals surface area contributed by atoms with Crippen LogP contribution in [0.5, 0.6) is 5.75 Å². The summed E-state index contributed by atoms with van der Waals surface area (Å²) >= 11 is 0. The number of ether oxygens (including phenoxy) is 1. The fourth-order valence-corrected chi connectivity index (χ4v) is 2.33. The van der Waals surface area contributed by atoms with Crippen molar-refractivity contribution < 1.29 is 4.74 Å². The molecule has 0 saturated heterocycles. The Kier molecular flexibility index (Phi) is 3.51. The molecule has 0 bridgehead atoms. The second kappa shape index (κ2) is 5.63. The van der Waals surface area contributed by atoms with Gasteiger partial charge in [0.25, 0.3) is 0 Å². The third kappa shape index (κ3) is 2.43. The molecule has 2 N–H and O–H groups in total. The normalized spacial score (nSPS) is 11.6. The van der Waals surface area contributed by atoms with E-state index in [9.17, 15) is 0 Å². The Bertz CT molecular complexity index is 789. The van der Waals surface area contributed by atoms with E-state index < -0.39 is 0 Å². The molecule has 1 aromatic heterocycles. The zero-order valence-electron chi connectivity index (χ0n) is 11.7. The Balaban J connectivity index is 2.14. The molecule has 0 aliphatic rings. The summed E-state index contributed by atoms with van der Waals surface area (Å²) in [7, 11) is 1.64. The van der Waals surface area contributed by atoms with Gasteiger partial charge in [0, 0.05) is 17.1 Å². The van der Waals surface area contributed by atoms with Crippen molar-refractivity contribution in [1.29, 1.82) is 0 Å². The Morgan fingerprint density at radius 3 is 2.52 bits per heavy atom. The van der Waals surface area contributed by atoms with E-state index >= 15 is 0 Å². The van der Waals surface area contributed by atoms with Crippen LogP contribution in [0, 0.1) is 0 Å². The molecular weight excluding hydrogens is 262 g/mol. The number of methoxy groups -OCH3 is 1. The highest BCUT2D eigenvalue weighted by molar-refractivity contribution is 6.17. The second-order valence-electron chi connectivity index (χ2n) is 4.59. The molecule has 4 heteroatoms. The van der Waals surface area contributed by atoms with E-state index in [2.05, 4.69) is 10.1 Å². The molecule has 0 fully saturated rings. The van der Waals surface area contributed by atoms with E-state index in [1.54, 1.807) is 13.3 Å². The number of nitrogens with zero attached hydrogens (tertiary/aromatic N) is 2. The van der Waals surface area contributed by atoms with Gasteiger partial charge in [-0.25, -0.2) is 0 Å². The van der Waals surface area contributed by atoms with Gasteiger partial charge >= 0.3 is 0 Å². The minimum Gasteiger partial charge on any atom is -0.497 e. The lowest BCUT2D eigenvalue weighted by atomic mass is 10.0. The Morgan fingerprint density at radius 2 is 1.81 bits per heavy atom. The predicted molar refractivity (Wildman–Crippen MR) is 84.6 cm³/mol. The molecule has 104 valence electrons. The van der Waals surface area contributed by atoms with Gasteiger partial charge in [-0.3, -0.25) is 4.98 Å². The molecule has 2 aromatic carbocycles. The molecule has 0 aliphatic heterocycles. The van der Waals surface area contributed by atoms with Crippen molar-refractivity contribution in [3.63, 3.8) is 0 Å². The van der Waals surface area contributed by atoms with Gasteiger partial charge in [0.05, 0.1) is 12.8 Å². The molecule has 3 rings (SSSR count). The molecule has 0 atom stereocenters. The minimum absolute atomic E-state index is 0.662. The molecule has 0 saturated carbocycles. The van der Waals surface area contributed by atoms with Crippen molar-refractivity contribution in [3.8, 4) is 5.75 Å². The van der Waals surface area contributed by atoms with E-state index in [1.807, 2.05) is 54.6 Å². The molecule has 0 unspecified atom stereocenters. The third-order valence-corrected chi connectivity index (χ3v) is 3.39. The summed E-state index contributed by atoms with van der Waals surface area (Å²) in [5, 5.41) is 6.08. The van der Waals surface area contributed by atoms with Crippen LogP contribution in [0.4, 0.5) is 0 Å². The van der Waals surface area contributed by atoms with Crippen LogP contribution in [-0.2, 0) is 0 Å². The molecule has 21 heavy (non-hydrogen) atoms. The fraction of sp³-hybridized carbons (Fsp3) is 0.0588. The minimum atomic E-state index is 0.662. The Hall–Kier alpha value is -2.88. The van der Waals surface area contributed by atoms with Crippen LogP contribution < -0.4 is 10.6 Å². The number of pyridine rings is 1. The predicted octanol–water partition coefficient (Wildman–Crippen LogP) is 2.95. The lowest BCUT2D eigenvalue weighted by Gasteiger charge is -2.09. The first-order chi connectivity index (χ1) is 10.3. The summed E-state index contributed by atoms with van der Waals surface area (Å²) in [5.74, 6) is 6.41. The smallest absolute Gasteiger partial charge is 0.118 e. The average Bonchev–Trinajstić information content (AvgIpc) is 2.56. The second-order valence-corrected chi connectivity index (χ2v) is 4.59. The molecule has 1 heterocycles. The quantitative estimate of drug-likeness (QED) is 0.455. The number of rotatable bonds is 3. The molecular formula is C17H15N3O. The highest BCUT2D eigenvalue weighted by Crippen LogP contribution is 2.21. The van der Waals surface area contributed by atoms with E-state index in [4.69, 9.17) is 10.6 Å². The molecule has 0 aliphatic carbocycles. The van der Waals surface area contributed by atoms with Crippen molar-refractivity contribution in [2.45, 2.75) is 0 Å². The number of hydrogen-bond donors (Lipinski definition) is 1. The van der Waals surface area contributed by atoms with Gasteiger partial charge in [-0.2, -0.15) is 5.10 Å². The first-order valence-corrected chi connectivity index (χ1v) is 6.60. The third-order valence-electron chi connectivity index (χ3n) is 3.39. The molecule has 4 nitrogen and oxygen atoms in total. The van der Waals surface area contributed by atoms with Crippen LogP contribution in [0.25, 0.3) is 10.8 Å². The maximum atomic E-state index is 5.62. The number of fused-ring (bicyclic) bond motifs is 1. The highest BCUT2D eigenvalue weighted by atomic mass is 16.5. The summed E-state index contributed by atoms with van der Waals surface area (Å²) in [6.07, 6.45) is 1.77. The lowest BCUT2D eigenvalue weighted by Crippen LogP contribution is -2.09. The standard InChI is InChI=1S/C17H15N3O/c1-21-14-8-6-13(7-9-14)16(20-18)17-15-5-3-2-4-12(15)10-11-19-17/h2-11H,18H2,1H3/b20-16+. The summed E-state index contributed by atoms with van der Waals surface area (Å²) in [6, 6.07) is 17.6. The Morgan fingerprint density at radius 1 is 1.05 bits per heavy atom. The topological polar surface area (TPSA) is 60.5 Å². The Labute approximate surface area is 122 Å². The zero-order chi connectivity index (χ0) is 14.7. The van der Waals surface area contributed by atoms with E-state index in [-0.39, 0.29) is 0 Å². The van der Waals surface area contributed by atoms with Crippen molar-refractivity contribution in [2.75, 3.05) is 7.11 Å². The number of hydrogen-bond acceptors (Lipinski definition) is 4. The van der Waals surface area contributed by atoms with Crippen LogP contribution in [-0.4, -0.2) is 17.8 Å². The van der Waals surface area contributed by atoms with E-state index in [0.717, 1.165) is 27.8 Å². The maximum absolute atomic E-state index is 5.62. The number of nitrogens with two attached hydrogens (primary N) is 1. The van der Waals surface area contributed by atoms with Gasteiger partial charge < -0.3 is 10.6 Å². The molecule has 3 aromatic rings. The first kappa shape index (κ1) is 13.1. The van der Waals surface area contributed by atoms with E-state index in [1.165, 1.54) is 0 Å². The van der Waals surface area contributed by atoms with Gasteiger partial charge in [-0.15, -0.1) is 0 Å². The van der Waals surface area contributed by atoms with Crippen molar-refractivity contribution in [2.24, 2.45) is 10.9 Å². The summed E-state index contributed by atoms with van der Waals surface area (Å²) < 4.78 is 5.17. The first-order valence-electron chi connectivity index (χ1n) is 6.60. The van der Waals surface area contributed by atoms with Crippen molar-refractivity contribution in [1.82, 2.24) is 4.98 Å². The maximum Gasteiger partial charge on any atom is 0.118 e. The average molecular weight is 277 g/mol. The SMILES string of the molecule is COc1ccc(/C(=N\N)c2nccc3ccccc23)cc1. The zero-order valence-corrected chi connectivity index (χ0v) is 11.7. The van der Waals surface area contributed by atoms with Gasteiger partial charge in [0.1, 0.15) is 11.5 Å². The summed E-state index contributed by atoms with van der Waals surface area (Å²) in [5.41, 5.74) is 2.34. The van der Waals surface area contributed by atoms with Gasteiger partial charge in [0.2, 0.25) is 0 Å². The van der Waals surface area contributed by atoms with Crippen molar-refractivity contribution >= 4 is 16.5 Å².